The van der Waals surface area contributed by atoms with Crippen LogP contribution in [0.15, 0.2) is 78.9 Å². The number of rotatable bonds is 3. The molecule has 0 bridgehead atoms. The Balaban J connectivity index is 1.68. The summed E-state index contributed by atoms with van der Waals surface area (Å²) in [7, 11) is 1.79. The van der Waals surface area contributed by atoms with E-state index in [1.807, 2.05) is 30.3 Å². The molecule has 0 fully saturated rings. The van der Waals surface area contributed by atoms with Gasteiger partial charge in [0.15, 0.2) is 0 Å². The van der Waals surface area contributed by atoms with Gasteiger partial charge in [0.2, 0.25) is 0 Å². The van der Waals surface area contributed by atoms with Crippen molar-refractivity contribution in [3.63, 3.8) is 0 Å². The van der Waals surface area contributed by atoms with Gasteiger partial charge >= 0.3 is 6.18 Å². The highest BCUT2D eigenvalue weighted by molar-refractivity contribution is 5.97. The molecule has 5 nitrogen and oxygen atoms in total. The number of carbonyl (C=O) groups excluding carboxylic acids is 2. The first-order valence-electron chi connectivity index (χ1n) is 13.2. The normalized spacial score (nSPS) is 17.6. The largest absolute Gasteiger partial charge is 0.491 e. The third kappa shape index (κ3) is 7.40. The van der Waals surface area contributed by atoms with Crippen LogP contribution in [0.2, 0.25) is 0 Å². The minimum atomic E-state index is -4.48. The highest BCUT2D eigenvalue weighted by Crippen LogP contribution is 2.29. The highest BCUT2D eigenvalue weighted by atomic mass is 19.4. The molecule has 0 N–H and O–H groups in total. The van der Waals surface area contributed by atoms with Crippen LogP contribution in [0.4, 0.5) is 13.2 Å². The van der Waals surface area contributed by atoms with E-state index in [-0.39, 0.29) is 24.0 Å². The van der Waals surface area contributed by atoms with E-state index in [1.54, 1.807) is 41.1 Å². The van der Waals surface area contributed by atoms with Crippen molar-refractivity contribution in [1.82, 2.24) is 9.80 Å². The van der Waals surface area contributed by atoms with E-state index in [0.29, 0.717) is 30.8 Å². The Hall–Kier alpha value is -3.81. The van der Waals surface area contributed by atoms with Crippen LogP contribution in [0.25, 0.3) is 0 Å². The molecule has 1 atom stereocenters. The first-order valence-corrected chi connectivity index (χ1v) is 13.2. The van der Waals surface area contributed by atoms with Crippen molar-refractivity contribution in [3.8, 4) is 5.75 Å². The second-order valence-corrected chi connectivity index (χ2v) is 9.87. The van der Waals surface area contributed by atoms with E-state index >= 15 is 0 Å². The molecule has 0 saturated carbocycles. The number of ether oxygens (including phenoxy) is 1. The predicted molar refractivity (Wildman–Crippen MR) is 144 cm³/mol. The first-order chi connectivity index (χ1) is 18.7. The van der Waals surface area contributed by atoms with Crippen molar-refractivity contribution >= 4 is 11.8 Å². The van der Waals surface area contributed by atoms with Crippen molar-refractivity contribution < 1.29 is 27.5 Å². The third-order valence-electron chi connectivity index (χ3n) is 7.01. The van der Waals surface area contributed by atoms with Gasteiger partial charge in [0.05, 0.1) is 17.2 Å². The van der Waals surface area contributed by atoms with Crippen molar-refractivity contribution in [2.45, 2.75) is 44.3 Å². The standard InChI is InChI=1S/C31H33F3N2O3/c1-35-19-9-2-3-10-20-36(29(37)24-15-17-25(18-16-24)31(32,33)34)26(21-23-11-5-4-6-12-23)22-39-28-14-8-7-13-27(28)30(35)38/h4-8,11-18,26H,2-3,9-10,19-22H2,1H3/t26-/m1/s1. The Bertz CT molecular complexity index is 1250. The van der Waals surface area contributed by atoms with Gasteiger partial charge in [0.25, 0.3) is 11.8 Å². The molecule has 0 aromatic heterocycles. The molecule has 206 valence electrons. The zero-order valence-electron chi connectivity index (χ0n) is 22.0. The van der Waals surface area contributed by atoms with E-state index in [4.69, 9.17) is 4.74 Å². The summed E-state index contributed by atoms with van der Waals surface area (Å²) < 4.78 is 45.6. The lowest BCUT2D eigenvalue weighted by molar-refractivity contribution is -0.137. The molecule has 2 amide bonds. The van der Waals surface area contributed by atoms with Crippen molar-refractivity contribution in [2.24, 2.45) is 0 Å². The summed E-state index contributed by atoms with van der Waals surface area (Å²) in [5.74, 6) is -0.0317. The fraction of sp³-hybridized carbons (Fsp3) is 0.355. The number of halogens is 3. The predicted octanol–water partition coefficient (Wildman–Crippen LogP) is 6.48. The van der Waals surface area contributed by atoms with E-state index in [0.717, 1.165) is 43.4 Å². The van der Waals surface area contributed by atoms with Gasteiger partial charge in [-0.25, -0.2) is 0 Å². The molecule has 0 spiro atoms. The highest BCUT2D eigenvalue weighted by Gasteiger charge is 2.31. The molecule has 0 aliphatic carbocycles. The van der Waals surface area contributed by atoms with Crippen LogP contribution in [0, 0.1) is 0 Å². The summed E-state index contributed by atoms with van der Waals surface area (Å²) in [5.41, 5.74) is 0.854. The fourth-order valence-electron chi connectivity index (χ4n) is 4.81. The number of alkyl halides is 3. The van der Waals surface area contributed by atoms with Gasteiger partial charge in [0, 0.05) is 25.7 Å². The fourth-order valence-corrected chi connectivity index (χ4v) is 4.81. The molecular formula is C31H33F3N2O3. The summed E-state index contributed by atoms with van der Waals surface area (Å²) in [6, 6.07) is 20.7. The zero-order chi connectivity index (χ0) is 27.8. The van der Waals surface area contributed by atoms with Gasteiger partial charge in [-0.05, 0) is 61.2 Å². The maximum atomic E-state index is 13.8. The van der Waals surface area contributed by atoms with E-state index in [1.165, 1.54) is 12.1 Å². The number of hydrogen-bond donors (Lipinski definition) is 0. The molecule has 8 heteroatoms. The topological polar surface area (TPSA) is 49.9 Å². The lowest BCUT2D eigenvalue weighted by atomic mass is 10.0. The monoisotopic (exact) mass is 538 g/mol. The van der Waals surface area contributed by atoms with Crippen molar-refractivity contribution in [1.29, 1.82) is 0 Å². The van der Waals surface area contributed by atoms with Gasteiger partial charge < -0.3 is 14.5 Å². The molecule has 0 saturated heterocycles. The van der Waals surface area contributed by atoms with Crippen LogP contribution in [0.1, 0.15) is 57.5 Å². The minimum Gasteiger partial charge on any atom is -0.491 e. The number of carbonyl (C=O) groups is 2. The third-order valence-corrected chi connectivity index (χ3v) is 7.01. The zero-order valence-corrected chi connectivity index (χ0v) is 22.0. The molecule has 0 unspecified atom stereocenters. The Kier molecular flexibility index (Phi) is 9.28. The minimum absolute atomic E-state index is 0.120. The van der Waals surface area contributed by atoms with Crippen LogP contribution in [-0.4, -0.2) is 54.4 Å². The quantitative estimate of drug-likeness (QED) is 0.383. The molecule has 1 aliphatic heterocycles. The molecule has 39 heavy (non-hydrogen) atoms. The number of hydrogen-bond acceptors (Lipinski definition) is 3. The number of benzene rings is 3. The van der Waals surface area contributed by atoms with Crippen molar-refractivity contribution in [3.05, 3.63) is 101 Å². The van der Waals surface area contributed by atoms with Crippen LogP contribution >= 0.6 is 0 Å². The van der Waals surface area contributed by atoms with Crippen LogP contribution in [0.3, 0.4) is 0 Å². The number of fused-ring (bicyclic) bond motifs is 1. The molecule has 3 aromatic carbocycles. The van der Waals surface area contributed by atoms with Gasteiger partial charge in [0.1, 0.15) is 12.4 Å². The smallest absolute Gasteiger partial charge is 0.416 e. The molecule has 3 aromatic rings. The lowest BCUT2D eigenvalue weighted by Gasteiger charge is -2.33. The maximum absolute atomic E-state index is 13.8. The van der Waals surface area contributed by atoms with Gasteiger partial charge in [-0.1, -0.05) is 55.3 Å². The lowest BCUT2D eigenvalue weighted by Crippen LogP contribution is -2.45. The number of amides is 2. The summed E-state index contributed by atoms with van der Waals surface area (Å²) in [6.45, 7) is 1.17. The van der Waals surface area contributed by atoms with E-state index in [9.17, 15) is 22.8 Å². The Morgan fingerprint density at radius 2 is 1.51 bits per heavy atom. The SMILES string of the molecule is CN1CCCCCCN(C(=O)c2ccc(C(F)(F)F)cc2)[C@H](Cc2ccccc2)COc2ccccc2C1=O. The Labute approximate surface area is 227 Å². The van der Waals surface area contributed by atoms with Gasteiger partial charge in [-0.15, -0.1) is 0 Å². The average molecular weight is 539 g/mol. The molecule has 1 aliphatic rings. The molecular weight excluding hydrogens is 505 g/mol. The van der Waals surface area contributed by atoms with Crippen molar-refractivity contribution in [2.75, 3.05) is 26.7 Å². The Morgan fingerprint density at radius 3 is 2.21 bits per heavy atom. The summed E-state index contributed by atoms with van der Waals surface area (Å²) in [4.78, 5) is 30.3. The van der Waals surface area contributed by atoms with Crippen LogP contribution < -0.4 is 4.74 Å². The summed E-state index contributed by atoms with van der Waals surface area (Å²) in [5, 5.41) is 0. The molecule has 1 heterocycles. The Morgan fingerprint density at radius 1 is 0.872 bits per heavy atom. The molecule has 0 radical (unpaired) electrons. The second-order valence-electron chi connectivity index (χ2n) is 9.87. The molecule has 4 rings (SSSR count). The first kappa shape index (κ1) is 28.2. The van der Waals surface area contributed by atoms with Crippen LogP contribution in [0.5, 0.6) is 5.75 Å². The summed E-state index contributed by atoms with van der Waals surface area (Å²) in [6.07, 6.45) is -0.689. The number of nitrogens with zero attached hydrogens (tertiary/aromatic N) is 2. The second kappa shape index (κ2) is 12.8. The van der Waals surface area contributed by atoms with E-state index in [2.05, 4.69) is 0 Å². The number of para-hydroxylation sites is 1. The summed E-state index contributed by atoms with van der Waals surface area (Å²) >= 11 is 0. The van der Waals surface area contributed by atoms with Gasteiger partial charge in [-0.2, -0.15) is 13.2 Å². The maximum Gasteiger partial charge on any atom is 0.416 e. The van der Waals surface area contributed by atoms with Crippen LogP contribution in [-0.2, 0) is 12.6 Å². The van der Waals surface area contributed by atoms with Gasteiger partial charge in [-0.3, -0.25) is 9.59 Å². The van der Waals surface area contributed by atoms with E-state index < -0.39 is 17.8 Å². The average Bonchev–Trinajstić information content (AvgIpc) is 2.94.